The smallest absolute Gasteiger partial charge is 0.229 e. The Morgan fingerprint density at radius 1 is 1.26 bits per heavy atom. The molecule has 2 aromatic heterocycles. The number of aromatic nitrogens is 4. The van der Waals surface area contributed by atoms with Crippen molar-refractivity contribution in [1.29, 1.82) is 0 Å². The van der Waals surface area contributed by atoms with Crippen LogP contribution in [0.4, 0.5) is 5.95 Å². The number of carbonyl (C=O) groups excluding carboxylic acids is 1. The summed E-state index contributed by atoms with van der Waals surface area (Å²) in [6.45, 7) is 0.209. The molecule has 0 radical (unpaired) electrons. The van der Waals surface area contributed by atoms with Gasteiger partial charge in [0.25, 0.3) is 0 Å². The quantitative estimate of drug-likeness (QED) is 0.742. The monoisotopic (exact) mass is 365 g/mol. The summed E-state index contributed by atoms with van der Waals surface area (Å²) in [6, 6.07) is 5.97. The Bertz CT molecular complexity index is 960. The Balaban J connectivity index is 1.52. The minimum absolute atomic E-state index is 0.0338. The highest BCUT2D eigenvalue weighted by Crippen LogP contribution is 2.29. The molecule has 0 spiro atoms. The van der Waals surface area contributed by atoms with Gasteiger partial charge >= 0.3 is 0 Å². The van der Waals surface area contributed by atoms with Crippen molar-refractivity contribution in [3.05, 3.63) is 36.9 Å². The molecule has 7 nitrogen and oxygen atoms in total. The van der Waals surface area contributed by atoms with Crippen LogP contribution in [0.15, 0.2) is 36.9 Å². The first-order chi connectivity index (χ1) is 13.1. The molecule has 0 bridgehead atoms. The zero-order valence-corrected chi connectivity index (χ0v) is 15.3. The number of amides is 1. The van der Waals surface area contributed by atoms with E-state index >= 15 is 0 Å². The van der Waals surface area contributed by atoms with E-state index in [0.29, 0.717) is 11.9 Å². The third kappa shape index (κ3) is 3.68. The molecule has 4 rings (SSSR count). The number of carbonyl (C=O) groups is 1. The molecule has 1 amide bonds. The Kier molecular flexibility index (Phi) is 4.85. The van der Waals surface area contributed by atoms with E-state index in [1.165, 1.54) is 0 Å². The molecule has 7 heteroatoms. The van der Waals surface area contributed by atoms with E-state index in [1.54, 1.807) is 12.5 Å². The highest BCUT2D eigenvalue weighted by atomic mass is 16.3. The van der Waals surface area contributed by atoms with E-state index in [1.807, 2.05) is 36.0 Å². The molecule has 0 aliphatic heterocycles. The van der Waals surface area contributed by atoms with Crippen molar-refractivity contribution in [2.75, 3.05) is 11.9 Å². The van der Waals surface area contributed by atoms with E-state index in [0.717, 1.165) is 47.8 Å². The molecule has 1 aliphatic carbocycles. The van der Waals surface area contributed by atoms with Crippen LogP contribution in [0.25, 0.3) is 22.2 Å². The Morgan fingerprint density at radius 3 is 2.78 bits per heavy atom. The van der Waals surface area contributed by atoms with Crippen molar-refractivity contribution in [2.24, 2.45) is 18.9 Å². The zero-order chi connectivity index (χ0) is 18.8. The molecule has 1 aliphatic rings. The maximum Gasteiger partial charge on any atom is 0.229 e. The predicted octanol–water partition coefficient (Wildman–Crippen LogP) is 2.77. The molecule has 2 N–H and O–H groups in total. The minimum Gasteiger partial charge on any atom is -0.396 e. The van der Waals surface area contributed by atoms with Crippen LogP contribution >= 0.6 is 0 Å². The molecule has 0 atom stereocenters. The fourth-order valence-electron chi connectivity index (χ4n) is 3.70. The van der Waals surface area contributed by atoms with Gasteiger partial charge in [-0.15, -0.1) is 0 Å². The number of nitrogens with one attached hydrogen (secondary N) is 1. The van der Waals surface area contributed by atoms with Gasteiger partial charge in [0.15, 0.2) is 0 Å². The lowest BCUT2D eigenvalue weighted by molar-refractivity contribution is -0.121. The summed E-state index contributed by atoms with van der Waals surface area (Å²) in [5.74, 6) is 0.594. The van der Waals surface area contributed by atoms with Crippen molar-refractivity contribution in [3.63, 3.8) is 0 Å². The van der Waals surface area contributed by atoms with Crippen LogP contribution in [0.3, 0.4) is 0 Å². The van der Waals surface area contributed by atoms with E-state index in [-0.39, 0.29) is 18.4 Å². The maximum absolute atomic E-state index is 12.5. The molecular formula is C20H23N5O2. The number of nitrogens with zero attached hydrogens (tertiary/aromatic N) is 4. The standard InChI is InChI=1S/C20H23N5O2/c1-25-12-21-10-18(25)15-6-7-16-9-22-20(23-17(16)8-15)24-19(27)14-4-2-13(11-26)3-5-14/h6-10,12-14,26H,2-5,11H2,1H3,(H,22,23,24,27). The number of fused-ring (bicyclic) bond motifs is 1. The Hall–Kier alpha value is -2.80. The van der Waals surface area contributed by atoms with Gasteiger partial charge in [-0.1, -0.05) is 12.1 Å². The molecule has 27 heavy (non-hydrogen) atoms. The number of hydrogen-bond acceptors (Lipinski definition) is 5. The molecule has 1 fully saturated rings. The van der Waals surface area contributed by atoms with Crippen molar-refractivity contribution in [3.8, 4) is 11.3 Å². The second-order valence-electron chi connectivity index (χ2n) is 7.25. The van der Waals surface area contributed by atoms with Gasteiger partial charge in [-0.05, 0) is 37.7 Å². The van der Waals surface area contributed by atoms with Gasteiger partial charge in [-0.25, -0.2) is 15.0 Å². The topological polar surface area (TPSA) is 92.9 Å². The number of rotatable bonds is 4. The SMILES string of the molecule is Cn1cncc1-c1ccc2cnc(NC(=O)C3CCC(CO)CC3)nc2c1. The number of benzene rings is 1. The fourth-order valence-corrected chi connectivity index (χ4v) is 3.70. The van der Waals surface area contributed by atoms with Crippen molar-refractivity contribution < 1.29 is 9.90 Å². The number of aryl methyl sites for hydroxylation is 1. The normalized spacial score (nSPS) is 19.9. The maximum atomic E-state index is 12.5. The van der Waals surface area contributed by atoms with Crippen LogP contribution < -0.4 is 5.32 Å². The van der Waals surface area contributed by atoms with Gasteiger partial charge in [0.2, 0.25) is 11.9 Å². The van der Waals surface area contributed by atoms with Crippen molar-refractivity contribution in [2.45, 2.75) is 25.7 Å². The summed E-state index contributed by atoms with van der Waals surface area (Å²) >= 11 is 0. The van der Waals surface area contributed by atoms with Gasteiger partial charge in [0.1, 0.15) is 0 Å². The van der Waals surface area contributed by atoms with Gasteiger partial charge < -0.3 is 9.67 Å². The van der Waals surface area contributed by atoms with Crippen LogP contribution in [-0.2, 0) is 11.8 Å². The second kappa shape index (κ2) is 7.44. The first kappa shape index (κ1) is 17.6. The lowest BCUT2D eigenvalue weighted by atomic mass is 9.82. The van der Waals surface area contributed by atoms with Crippen molar-refractivity contribution >= 4 is 22.8 Å². The highest BCUT2D eigenvalue weighted by molar-refractivity contribution is 5.92. The first-order valence-electron chi connectivity index (χ1n) is 9.29. The van der Waals surface area contributed by atoms with Crippen LogP contribution in [0.5, 0.6) is 0 Å². The first-order valence-corrected chi connectivity index (χ1v) is 9.29. The molecular weight excluding hydrogens is 342 g/mol. The Morgan fingerprint density at radius 2 is 2.07 bits per heavy atom. The number of anilines is 1. The molecule has 0 saturated heterocycles. The van der Waals surface area contributed by atoms with Gasteiger partial charge in [-0.2, -0.15) is 0 Å². The number of hydrogen-bond donors (Lipinski definition) is 2. The second-order valence-corrected chi connectivity index (χ2v) is 7.25. The fraction of sp³-hybridized carbons (Fsp3) is 0.400. The van der Waals surface area contributed by atoms with Gasteiger partial charge in [-0.3, -0.25) is 10.1 Å². The third-order valence-corrected chi connectivity index (χ3v) is 5.41. The summed E-state index contributed by atoms with van der Waals surface area (Å²) in [4.78, 5) is 25.5. The van der Waals surface area contributed by atoms with E-state index in [2.05, 4.69) is 20.3 Å². The summed E-state index contributed by atoms with van der Waals surface area (Å²) in [5, 5.41) is 13.0. The Labute approximate surface area is 157 Å². The minimum atomic E-state index is -0.0344. The van der Waals surface area contributed by atoms with Crippen LogP contribution in [0, 0.1) is 11.8 Å². The molecule has 0 unspecified atom stereocenters. The van der Waals surface area contributed by atoms with Crippen molar-refractivity contribution in [1.82, 2.24) is 19.5 Å². The highest BCUT2D eigenvalue weighted by Gasteiger charge is 2.26. The molecule has 2 heterocycles. The van der Waals surface area contributed by atoms with E-state index in [9.17, 15) is 9.90 Å². The largest absolute Gasteiger partial charge is 0.396 e. The van der Waals surface area contributed by atoms with Crippen LogP contribution in [0.2, 0.25) is 0 Å². The molecule has 1 aromatic carbocycles. The summed E-state index contributed by atoms with van der Waals surface area (Å²) in [6.07, 6.45) is 8.69. The third-order valence-electron chi connectivity index (χ3n) is 5.41. The number of aliphatic hydroxyl groups excluding tert-OH is 1. The van der Waals surface area contributed by atoms with E-state index < -0.39 is 0 Å². The van der Waals surface area contributed by atoms with Gasteiger partial charge in [0, 0.05) is 36.7 Å². The van der Waals surface area contributed by atoms with Crippen LogP contribution in [0.1, 0.15) is 25.7 Å². The molecule has 3 aromatic rings. The van der Waals surface area contributed by atoms with Gasteiger partial charge in [0.05, 0.1) is 23.7 Å². The average molecular weight is 365 g/mol. The lowest BCUT2D eigenvalue weighted by Crippen LogP contribution is -2.28. The summed E-state index contributed by atoms with van der Waals surface area (Å²) < 4.78 is 1.95. The lowest BCUT2D eigenvalue weighted by Gasteiger charge is -2.26. The average Bonchev–Trinajstić information content (AvgIpc) is 3.13. The number of imidazole rings is 1. The van der Waals surface area contributed by atoms with Crippen LogP contribution in [-0.4, -0.2) is 37.1 Å². The number of aliphatic hydroxyl groups is 1. The van der Waals surface area contributed by atoms with E-state index in [4.69, 9.17) is 0 Å². The summed E-state index contributed by atoms with van der Waals surface area (Å²) in [7, 11) is 1.95. The zero-order valence-electron chi connectivity index (χ0n) is 15.3. The summed E-state index contributed by atoms with van der Waals surface area (Å²) in [5.41, 5.74) is 2.80. The predicted molar refractivity (Wildman–Crippen MR) is 103 cm³/mol. The molecule has 1 saturated carbocycles. The molecule has 140 valence electrons.